The molecule has 23 heavy (non-hydrogen) atoms. The summed E-state index contributed by atoms with van der Waals surface area (Å²) < 4.78 is 0. The molecule has 0 spiro atoms. The first kappa shape index (κ1) is 14.7. The van der Waals surface area contributed by atoms with Gasteiger partial charge in [0.25, 0.3) is 0 Å². The molecule has 0 amide bonds. The van der Waals surface area contributed by atoms with Crippen molar-refractivity contribution < 1.29 is 4.79 Å². The van der Waals surface area contributed by atoms with E-state index in [0.717, 1.165) is 11.3 Å². The molecule has 3 rings (SSSR count). The molecular weight excluding hydrogens is 288 g/mol. The molecule has 114 valence electrons. The van der Waals surface area contributed by atoms with Crippen molar-refractivity contribution in [3.05, 3.63) is 66.2 Å². The summed E-state index contributed by atoms with van der Waals surface area (Å²) >= 11 is 0. The highest BCUT2D eigenvalue weighted by molar-refractivity contribution is 5.95. The van der Waals surface area contributed by atoms with Gasteiger partial charge in [-0.15, -0.1) is 0 Å². The molecule has 0 unspecified atom stereocenters. The number of aromatic nitrogens is 2. The highest BCUT2D eigenvalue weighted by Gasteiger charge is 2.07. The zero-order chi connectivity index (χ0) is 16.2. The maximum atomic E-state index is 11.5. The molecule has 3 aromatic rings. The summed E-state index contributed by atoms with van der Waals surface area (Å²) in [5.41, 5.74) is 8.85. The van der Waals surface area contributed by atoms with E-state index in [1.807, 2.05) is 48.5 Å². The number of nitrogen functional groups attached to an aromatic ring is 1. The minimum absolute atomic E-state index is 0.0107. The van der Waals surface area contributed by atoms with Crippen LogP contribution in [0.15, 0.2) is 60.7 Å². The molecule has 1 aromatic heterocycles. The second-order valence-electron chi connectivity index (χ2n) is 5.12. The molecule has 0 atom stereocenters. The van der Waals surface area contributed by atoms with Gasteiger partial charge >= 0.3 is 0 Å². The number of hydrogen-bond donors (Lipinski definition) is 2. The van der Waals surface area contributed by atoms with Gasteiger partial charge in [-0.2, -0.15) is 4.98 Å². The molecule has 5 nitrogen and oxygen atoms in total. The van der Waals surface area contributed by atoms with Crippen LogP contribution in [0.2, 0.25) is 0 Å². The van der Waals surface area contributed by atoms with Crippen molar-refractivity contribution in [3.63, 3.8) is 0 Å². The van der Waals surface area contributed by atoms with E-state index in [-0.39, 0.29) is 11.7 Å². The summed E-state index contributed by atoms with van der Waals surface area (Å²) in [6, 6.07) is 18.8. The number of ketones is 1. The zero-order valence-corrected chi connectivity index (χ0v) is 12.7. The van der Waals surface area contributed by atoms with Crippen LogP contribution in [0.25, 0.3) is 11.3 Å². The third-order valence-corrected chi connectivity index (χ3v) is 3.35. The van der Waals surface area contributed by atoms with Crippen molar-refractivity contribution in [1.29, 1.82) is 0 Å². The van der Waals surface area contributed by atoms with Gasteiger partial charge in [0.2, 0.25) is 5.95 Å². The van der Waals surface area contributed by atoms with Crippen LogP contribution in [-0.2, 0) is 0 Å². The monoisotopic (exact) mass is 304 g/mol. The van der Waals surface area contributed by atoms with Gasteiger partial charge in [-0.05, 0) is 25.1 Å². The van der Waals surface area contributed by atoms with Crippen LogP contribution in [0.5, 0.6) is 0 Å². The van der Waals surface area contributed by atoms with E-state index < -0.39 is 0 Å². The Labute approximate surface area is 134 Å². The molecule has 0 aliphatic carbocycles. The van der Waals surface area contributed by atoms with Crippen molar-refractivity contribution in [2.45, 2.75) is 6.92 Å². The molecule has 3 N–H and O–H groups in total. The Hall–Kier alpha value is -3.21. The Bertz CT molecular complexity index is 847. The maximum absolute atomic E-state index is 11.5. The number of Topliss-reactive ketones (excluding diaryl/α,β-unsaturated/α-hetero) is 1. The first-order valence-electron chi connectivity index (χ1n) is 7.20. The van der Waals surface area contributed by atoms with Crippen LogP contribution in [0, 0.1) is 0 Å². The van der Waals surface area contributed by atoms with E-state index in [2.05, 4.69) is 15.3 Å². The second kappa shape index (κ2) is 6.27. The fraction of sp³-hybridized carbons (Fsp3) is 0.0556. The molecule has 0 radical (unpaired) electrons. The molecule has 0 saturated heterocycles. The largest absolute Gasteiger partial charge is 0.368 e. The summed E-state index contributed by atoms with van der Waals surface area (Å²) in [5.74, 6) is 0.789. The number of carbonyl (C=O) groups is 1. The van der Waals surface area contributed by atoms with Gasteiger partial charge in [-0.3, -0.25) is 4.79 Å². The van der Waals surface area contributed by atoms with Crippen LogP contribution in [0.1, 0.15) is 17.3 Å². The highest BCUT2D eigenvalue weighted by Crippen LogP contribution is 2.23. The number of anilines is 3. The van der Waals surface area contributed by atoms with Crippen LogP contribution in [0.3, 0.4) is 0 Å². The van der Waals surface area contributed by atoms with Crippen molar-refractivity contribution >= 4 is 23.2 Å². The lowest BCUT2D eigenvalue weighted by Gasteiger charge is -2.09. The number of nitrogens with two attached hydrogens (primary N) is 1. The number of hydrogen-bond acceptors (Lipinski definition) is 5. The average molecular weight is 304 g/mol. The number of rotatable bonds is 4. The van der Waals surface area contributed by atoms with E-state index in [9.17, 15) is 4.79 Å². The number of para-hydroxylation sites is 1. The lowest BCUT2D eigenvalue weighted by Crippen LogP contribution is -2.02. The average Bonchev–Trinajstić information content (AvgIpc) is 2.55. The third-order valence-electron chi connectivity index (χ3n) is 3.35. The lowest BCUT2D eigenvalue weighted by atomic mass is 10.1. The quantitative estimate of drug-likeness (QED) is 0.719. The number of nitrogens with zero attached hydrogens (tertiary/aromatic N) is 2. The van der Waals surface area contributed by atoms with Gasteiger partial charge in [0.05, 0.1) is 5.69 Å². The van der Waals surface area contributed by atoms with E-state index >= 15 is 0 Å². The minimum atomic E-state index is 0.0107. The maximum Gasteiger partial charge on any atom is 0.222 e. The standard InChI is InChI=1S/C18H16N4O/c1-12(23)13-6-5-7-14(10-13)16-11-17(22-18(19)21-16)20-15-8-3-2-4-9-15/h2-11H,1H3,(H3,19,20,21,22). The van der Waals surface area contributed by atoms with Gasteiger partial charge in [0, 0.05) is 22.9 Å². The molecule has 0 aliphatic heterocycles. The summed E-state index contributed by atoms with van der Waals surface area (Å²) in [4.78, 5) is 20.0. The van der Waals surface area contributed by atoms with Gasteiger partial charge in [-0.25, -0.2) is 4.98 Å². The van der Waals surface area contributed by atoms with E-state index in [1.165, 1.54) is 6.92 Å². The minimum Gasteiger partial charge on any atom is -0.368 e. The van der Waals surface area contributed by atoms with Gasteiger partial charge in [-0.1, -0.05) is 36.4 Å². The predicted molar refractivity (Wildman–Crippen MR) is 91.6 cm³/mol. The fourth-order valence-corrected chi connectivity index (χ4v) is 2.24. The Kier molecular flexibility index (Phi) is 4.01. The molecule has 0 bridgehead atoms. The first-order chi connectivity index (χ1) is 11.1. The van der Waals surface area contributed by atoms with Crippen molar-refractivity contribution in [1.82, 2.24) is 9.97 Å². The Morgan fingerprint density at radius 1 is 1.00 bits per heavy atom. The van der Waals surface area contributed by atoms with Crippen LogP contribution in [-0.4, -0.2) is 15.8 Å². The fourth-order valence-electron chi connectivity index (χ4n) is 2.24. The topological polar surface area (TPSA) is 80.9 Å². The lowest BCUT2D eigenvalue weighted by molar-refractivity contribution is 0.101. The molecule has 5 heteroatoms. The number of carbonyl (C=O) groups excluding carboxylic acids is 1. The van der Waals surface area contributed by atoms with Crippen LogP contribution >= 0.6 is 0 Å². The van der Waals surface area contributed by atoms with Crippen molar-refractivity contribution in [2.24, 2.45) is 0 Å². The zero-order valence-electron chi connectivity index (χ0n) is 12.7. The summed E-state index contributed by atoms with van der Waals surface area (Å²) in [7, 11) is 0. The normalized spacial score (nSPS) is 10.3. The Balaban J connectivity index is 1.97. The van der Waals surface area contributed by atoms with Crippen LogP contribution in [0.4, 0.5) is 17.5 Å². The Morgan fingerprint density at radius 2 is 1.78 bits per heavy atom. The van der Waals surface area contributed by atoms with Gasteiger partial charge < -0.3 is 11.1 Å². The van der Waals surface area contributed by atoms with E-state index in [0.29, 0.717) is 17.1 Å². The molecule has 0 saturated carbocycles. The number of nitrogens with one attached hydrogen (secondary N) is 1. The second-order valence-corrected chi connectivity index (χ2v) is 5.12. The first-order valence-corrected chi connectivity index (χ1v) is 7.20. The van der Waals surface area contributed by atoms with Crippen molar-refractivity contribution in [2.75, 3.05) is 11.1 Å². The molecule has 1 heterocycles. The molecule has 0 aliphatic rings. The Morgan fingerprint density at radius 3 is 2.52 bits per heavy atom. The summed E-state index contributed by atoms with van der Waals surface area (Å²) in [5, 5.41) is 3.19. The molecular formula is C18H16N4O. The smallest absolute Gasteiger partial charge is 0.222 e. The summed E-state index contributed by atoms with van der Waals surface area (Å²) in [6.07, 6.45) is 0. The van der Waals surface area contributed by atoms with Crippen molar-refractivity contribution in [3.8, 4) is 11.3 Å². The SMILES string of the molecule is CC(=O)c1cccc(-c2cc(Nc3ccccc3)nc(N)n2)c1. The molecule has 0 fully saturated rings. The van der Waals surface area contributed by atoms with E-state index in [4.69, 9.17) is 5.73 Å². The number of benzene rings is 2. The highest BCUT2D eigenvalue weighted by atomic mass is 16.1. The van der Waals surface area contributed by atoms with Gasteiger partial charge in [0.1, 0.15) is 5.82 Å². The van der Waals surface area contributed by atoms with Gasteiger partial charge in [0.15, 0.2) is 5.78 Å². The third kappa shape index (κ3) is 3.52. The molecule has 2 aromatic carbocycles. The summed E-state index contributed by atoms with van der Waals surface area (Å²) in [6.45, 7) is 1.54. The van der Waals surface area contributed by atoms with Crippen LogP contribution < -0.4 is 11.1 Å². The predicted octanol–water partition coefficient (Wildman–Crippen LogP) is 3.67. The van der Waals surface area contributed by atoms with E-state index in [1.54, 1.807) is 12.1 Å².